The molecule has 31 heavy (non-hydrogen) atoms. The van der Waals surface area contributed by atoms with Crippen molar-refractivity contribution in [1.82, 2.24) is 9.78 Å². The fourth-order valence-corrected chi connectivity index (χ4v) is 5.18. The summed E-state index contributed by atoms with van der Waals surface area (Å²) in [4.78, 5) is 12.7. The Morgan fingerprint density at radius 3 is 2.42 bits per heavy atom. The molecule has 1 aromatic heterocycles. The lowest BCUT2D eigenvalue weighted by atomic mass is 9.99. The van der Waals surface area contributed by atoms with Crippen LogP contribution in [0.5, 0.6) is 0 Å². The molecule has 2 heterocycles. The number of aromatic nitrogens is 2. The number of aryl methyl sites for hydroxylation is 1. The van der Waals surface area contributed by atoms with E-state index in [2.05, 4.69) is 64.6 Å². The van der Waals surface area contributed by atoms with Crippen LogP contribution in [0.15, 0.2) is 83.3 Å². The number of hydrogen-bond acceptors (Lipinski definition) is 3. The van der Waals surface area contributed by atoms with E-state index in [-0.39, 0.29) is 11.2 Å². The molecule has 3 aromatic carbocycles. The predicted molar refractivity (Wildman–Crippen MR) is 131 cm³/mol. The molecular weight excluding hydrogens is 470 g/mol. The maximum Gasteiger partial charge on any atom is 0.235 e. The minimum Gasteiger partial charge on any atom is -0.310 e. The molecule has 0 saturated heterocycles. The third-order valence-corrected chi connectivity index (χ3v) is 7.12. The number of halogens is 1. The average Bonchev–Trinajstić information content (AvgIpc) is 3.06. The lowest BCUT2D eigenvalue weighted by molar-refractivity contribution is -0.113. The lowest BCUT2D eigenvalue weighted by Gasteiger charge is -2.16. The van der Waals surface area contributed by atoms with Crippen LogP contribution in [0.1, 0.15) is 21.9 Å². The van der Waals surface area contributed by atoms with E-state index in [1.54, 1.807) is 11.8 Å². The van der Waals surface area contributed by atoms with Crippen LogP contribution in [0.2, 0.25) is 0 Å². The van der Waals surface area contributed by atoms with E-state index < -0.39 is 0 Å². The number of fused-ring (bicyclic) bond motifs is 1. The van der Waals surface area contributed by atoms with Gasteiger partial charge in [0.05, 0.1) is 22.4 Å². The van der Waals surface area contributed by atoms with Gasteiger partial charge in [0.2, 0.25) is 5.91 Å². The summed E-state index contributed by atoms with van der Waals surface area (Å²) in [5.41, 5.74) is 6.22. The number of carbonyl (C=O) groups is 1. The second-order valence-corrected chi connectivity index (χ2v) is 9.52. The highest BCUT2D eigenvalue weighted by atomic mass is 79.9. The predicted octanol–water partition coefficient (Wildman–Crippen LogP) is 6.38. The summed E-state index contributed by atoms with van der Waals surface area (Å²) < 4.78 is 2.89. The molecule has 1 atom stereocenters. The molecule has 0 bridgehead atoms. The summed E-state index contributed by atoms with van der Waals surface area (Å²) in [6, 6.07) is 26.7. The highest BCUT2D eigenvalue weighted by Crippen LogP contribution is 2.46. The molecule has 1 N–H and O–H groups in total. The lowest BCUT2D eigenvalue weighted by Crippen LogP contribution is -2.15. The number of benzene rings is 3. The van der Waals surface area contributed by atoms with Gasteiger partial charge in [0, 0.05) is 15.6 Å². The maximum atomic E-state index is 12.7. The molecule has 0 spiro atoms. The number of thioether (sulfide) groups is 1. The van der Waals surface area contributed by atoms with Gasteiger partial charge < -0.3 is 5.32 Å². The van der Waals surface area contributed by atoms with E-state index in [0.29, 0.717) is 5.75 Å². The monoisotopic (exact) mass is 489 g/mol. The highest BCUT2D eigenvalue weighted by Gasteiger charge is 2.32. The van der Waals surface area contributed by atoms with Crippen molar-refractivity contribution in [2.24, 2.45) is 0 Å². The van der Waals surface area contributed by atoms with Gasteiger partial charge in [-0.3, -0.25) is 4.79 Å². The van der Waals surface area contributed by atoms with Gasteiger partial charge in [-0.1, -0.05) is 76.1 Å². The quantitative estimate of drug-likeness (QED) is 0.362. The molecule has 4 aromatic rings. The van der Waals surface area contributed by atoms with Crippen LogP contribution in [0.4, 0.5) is 5.82 Å². The van der Waals surface area contributed by atoms with Crippen LogP contribution in [0.25, 0.3) is 16.9 Å². The Balaban J connectivity index is 1.78. The molecular formula is C25H20BrN3OS. The summed E-state index contributed by atoms with van der Waals surface area (Å²) >= 11 is 5.16. The van der Waals surface area contributed by atoms with E-state index in [0.717, 1.165) is 38.4 Å². The normalized spacial score (nSPS) is 15.8. The van der Waals surface area contributed by atoms with Crippen molar-refractivity contribution >= 4 is 39.4 Å². The number of hydrogen-bond donors (Lipinski definition) is 1. The van der Waals surface area contributed by atoms with E-state index in [9.17, 15) is 4.79 Å². The minimum atomic E-state index is -0.0178. The summed E-state index contributed by atoms with van der Waals surface area (Å²) in [5, 5.41) is 8.13. The van der Waals surface area contributed by atoms with Gasteiger partial charge in [0.25, 0.3) is 0 Å². The number of anilines is 1. The maximum absolute atomic E-state index is 12.7. The van der Waals surface area contributed by atoms with Gasteiger partial charge in [-0.25, -0.2) is 4.68 Å². The SMILES string of the molecule is Cc1ccc(-c2nn(-c3ccccc3)c3c2[C@@H](c2ccc(Br)cc2)SCC(=O)N3)cc1. The zero-order chi connectivity index (χ0) is 21.4. The highest BCUT2D eigenvalue weighted by molar-refractivity contribution is 9.10. The first-order chi connectivity index (χ1) is 15.1. The molecule has 1 amide bonds. The molecule has 4 nitrogen and oxygen atoms in total. The number of nitrogens with zero attached hydrogens (tertiary/aromatic N) is 2. The van der Waals surface area contributed by atoms with Gasteiger partial charge in [0.15, 0.2) is 0 Å². The minimum absolute atomic E-state index is 0.0154. The van der Waals surface area contributed by atoms with Crippen LogP contribution in [0.3, 0.4) is 0 Å². The van der Waals surface area contributed by atoms with E-state index in [1.165, 1.54) is 5.56 Å². The largest absolute Gasteiger partial charge is 0.310 e. The summed E-state index contributed by atoms with van der Waals surface area (Å²) in [6.45, 7) is 2.08. The summed E-state index contributed by atoms with van der Waals surface area (Å²) in [7, 11) is 0. The fraction of sp³-hybridized carbons (Fsp3) is 0.120. The van der Waals surface area contributed by atoms with E-state index in [1.807, 2.05) is 47.1 Å². The van der Waals surface area contributed by atoms with Crippen molar-refractivity contribution in [1.29, 1.82) is 0 Å². The number of rotatable bonds is 3. The van der Waals surface area contributed by atoms with Gasteiger partial charge in [-0.05, 0) is 36.8 Å². The molecule has 0 radical (unpaired) electrons. The Morgan fingerprint density at radius 1 is 1.00 bits per heavy atom. The standard InChI is InChI=1S/C25H20BrN3OS/c1-16-7-9-17(10-8-16)23-22-24(18-11-13-19(26)14-12-18)31-15-21(30)27-25(22)29(28-23)20-5-3-2-4-6-20/h2-14,24H,15H2,1H3,(H,27,30)/t24-/m1/s1. The second kappa shape index (κ2) is 8.36. The van der Waals surface area contributed by atoms with E-state index >= 15 is 0 Å². The van der Waals surface area contributed by atoms with Gasteiger partial charge in [-0.15, -0.1) is 11.8 Å². The summed E-state index contributed by atoms with van der Waals surface area (Å²) in [6.07, 6.45) is 0. The smallest absolute Gasteiger partial charge is 0.235 e. The van der Waals surface area contributed by atoms with Gasteiger partial charge in [-0.2, -0.15) is 5.10 Å². The Labute approximate surface area is 193 Å². The Morgan fingerprint density at radius 2 is 1.71 bits per heavy atom. The van der Waals surface area contributed by atoms with Crippen molar-refractivity contribution in [2.75, 3.05) is 11.1 Å². The molecule has 6 heteroatoms. The zero-order valence-corrected chi connectivity index (χ0v) is 19.3. The van der Waals surface area contributed by atoms with Crippen LogP contribution >= 0.6 is 27.7 Å². The first kappa shape index (κ1) is 20.1. The van der Waals surface area contributed by atoms with Crippen molar-refractivity contribution in [3.63, 3.8) is 0 Å². The molecule has 0 fully saturated rings. The average molecular weight is 490 g/mol. The van der Waals surface area contributed by atoms with Crippen LogP contribution < -0.4 is 5.32 Å². The third-order valence-electron chi connectivity index (χ3n) is 5.32. The number of carbonyl (C=O) groups excluding carboxylic acids is 1. The molecule has 0 saturated carbocycles. The molecule has 1 aliphatic rings. The first-order valence-corrected chi connectivity index (χ1v) is 11.9. The first-order valence-electron chi connectivity index (χ1n) is 10.0. The molecule has 1 aliphatic heterocycles. The molecule has 0 unspecified atom stereocenters. The van der Waals surface area contributed by atoms with Crippen molar-refractivity contribution < 1.29 is 4.79 Å². The number of nitrogens with one attached hydrogen (secondary N) is 1. The Hall–Kier alpha value is -2.83. The Bertz CT molecular complexity index is 1230. The third kappa shape index (κ3) is 3.93. The number of para-hydroxylation sites is 1. The van der Waals surface area contributed by atoms with E-state index in [4.69, 9.17) is 5.10 Å². The van der Waals surface area contributed by atoms with Crippen LogP contribution in [-0.2, 0) is 4.79 Å². The van der Waals surface area contributed by atoms with Crippen molar-refractivity contribution in [3.8, 4) is 16.9 Å². The van der Waals surface area contributed by atoms with Crippen molar-refractivity contribution in [3.05, 3.63) is 100 Å². The topological polar surface area (TPSA) is 46.9 Å². The molecule has 154 valence electrons. The molecule has 0 aliphatic carbocycles. The van der Waals surface area contributed by atoms with Crippen LogP contribution in [-0.4, -0.2) is 21.4 Å². The fourth-order valence-electron chi connectivity index (χ4n) is 3.79. The Kier molecular flexibility index (Phi) is 5.42. The van der Waals surface area contributed by atoms with Gasteiger partial charge in [0.1, 0.15) is 5.82 Å². The molecule has 5 rings (SSSR count). The number of amides is 1. The second-order valence-electron chi connectivity index (χ2n) is 7.52. The van der Waals surface area contributed by atoms with Gasteiger partial charge >= 0.3 is 0 Å². The zero-order valence-electron chi connectivity index (χ0n) is 16.9. The van der Waals surface area contributed by atoms with Crippen LogP contribution in [0, 0.1) is 6.92 Å². The van der Waals surface area contributed by atoms with Crippen molar-refractivity contribution in [2.45, 2.75) is 12.2 Å². The summed E-state index contributed by atoms with van der Waals surface area (Å²) in [5.74, 6) is 1.11.